The fourth-order valence-corrected chi connectivity index (χ4v) is 1.61. The highest BCUT2D eigenvalue weighted by molar-refractivity contribution is 5.02. The smallest absolute Gasteiger partial charge is 0.146 e. The Morgan fingerprint density at radius 1 is 1.47 bits per heavy atom. The van der Waals surface area contributed by atoms with Gasteiger partial charge in [-0.15, -0.1) is 0 Å². The zero-order chi connectivity index (χ0) is 11.3. The molecule has 0 aromatic carbocycles. The molecule has 0 unspecified atom stereocenters. The molecular formula is C12H22O3. The molecule has 15 heavy (non-hydrogen) atoms. The van der Waals surface area contributed by atoms with E-state index >= 15 is 0 Å². The molecule has 3 nitrogen and oxygen atoms in total. The van der Waals surface area contributed by atoms with Crippen LogP contribution in [-0.2, 0) is 14.2 Å². The first-order valence-electron chi connectivity index (χ1n) is 5.46. The van der Waals surface area contributed by atoms with E-state index in [2.05, 4.69) is 26.8 Å². The molecule has 0 saturated carbocycles. The van der Waals surface area contributed by atoms with Crippen molar-refractivity contribution in [2.24, 2.45) is 0 Å². The maximum Gasteiger partial charge on any atom is 0.146 e. The molecule has 1 heterocycles. The van der Waals surface area contributed by atoms with Crippen LogP contribution in [0.15, 0.2) is 11.6 Å². The molecule has 2 atom stereocenters. The first-order valence-corrected chi connectivity index (χ1v) is 5.46. The van der Waals surface area contributed by atoms with E-state index in [0.717, 1.165) is 12.8 Å². The minimum absolute atomic E-state index is 0.0275. The summed E-state index contributed by atoms with van der Waals surface area (Å²) < 4.78 is 15.7. The van der Waals surface area contributed by atoms with Crippen LogP contribution in [-0.4, -0.2) is 32.2 Å². The summed E-state index contributed by atoms with van der Waals surface area (Å²) in [5.41, 5.74) is 1.39. The Labute approximate surface area is 92.4 Å². The van der Waals surface area contributed by atoms with Crippen molar-refractivity contribution in [2.45, 2.75) is 45.3 Å². The second-order valence-corrected chi connectivity index (χ2v) is 4.52. The molecular weight excluding hydrogens is 192 g/mol. The fraction of sp³-hybridized carbons (Fsp3) is 0.833. The number of epoxide rings is 1. The molecule has 1 aliphatic heterocycles. The van der Waals surface area contributed by atoms with E-state index in [1.807, 2.05) is 0 Å². The summed E-state index contributed by atoms with van der Waals surface area (Å²) in [5.74, 6) is 0. The molecule has 1 fully saturated rings. The average Bonchev–Trinajstić information content (AvgIpc) is 2.77. The first-order chi connectivity index (χ1) is 7.08. The van der Waals surface area contributed by atoms with E-state index < -0.39 is 0 Å². The molecule has 0 N–H and O–H groups in total. The van der Waals surface area contributed by atoms with Crippen molar-refractivity contribution >= 4 is 0 Å². The quantitative estimate of drug-likeness (QED) is 0.282. The normalized spacial score (nSPS) is 28.9. The molecule has 3 heteroatoms. The fourth-order valence-electron chi connectivity index (χ4n) is 1.61. The van der Waals surface area contributed by atoms with Gasteiger partial charge in [0.1, 0.15) is 12.9 Å². The molecule has 1 saturated heterocycles. The van der Waals surface area contributed by atoms with Crippen LogP contribution in [0.5, 0.6) is 0 Å². The standard InChI is InChI=1S/C12H22O3/c1-10(2)6-5-7-12(3)11(15-12)8-14-9-13-4/h6,11H,5,7-9H2,1-4H3/t11-,12-/m0/s1. The number of hydrogen-bond donors (Lipinski definition) is 0. The summed E-state index contributed by atoms with van der Waals surface area (Å²) in [5, 5.41) is 0. The summed E-state index contributed by atoms with van der Waals surface area (Å²) in [6, 6.07) is 0. The molecule has 0 bridgehead atoms. The van der Waals surface area contributed by atoms with Gasteiger partial charge in [0, 0.05) is 7.11 Å². The lowest BCUT2D eigenvalue weighted by atomic mass is 10.0. The van der Waals surface area contributed by atoms with Gasteiger partial charge in [-0.1, -0.05) is 11.6 Å². The maximum atomic E-state index is 5.62. The molecule has 0 aliphatic carbocycles. The molecule has 0 amide bonds. The third-order valence-corrected chi connectivity index (χ3v) is 2.70. The average molecular weight is 214 g/mol. The number of methoxy groups -OCH3 is 1. The van der Waals surface area contributed by atoms with Gasteiger partial charge in [0.05, 0.1) is 12.2 Å². The molecule has 88 valence electrons. The van der Waals surface area contributed by atoms with Gasteiger partial charge in [0.25, 0.3) is 0 Å². The second kappa shape index (κ2) is 5.64. The van der Waals surface area contributed by atoms with Crippen molar-refractivity contribution in [2.75, 3.05) is 20.5 Å². The lowest BCUT2D eigenvalue weighted by molar-refractivity contribution is -0.0352. The molecule has 1 rings (SSSR count). The monoisotopic (exact) mass is 214 g/mol. The zero-order valence-electron chi connectivity index (χ0n) is 10.2. The van der Waals surface area contributed by atoms with E-state index in [4.69, 9.17) is 14.2 Å². The van der Waals surface area contributed by atoms with Gasteiger partial charge >= 0.3 is 0 Å². The zero-order valence-corrected chi connectivity index (χ0v) is 10.2. The lowest BCUT2D eigenvalue weighted by Gasteiger charge is -2.04. The van der Waals surface area contributed by atoms with Crippen molar-refractivity contribution in [3.05, 3.63) is 11.6 Å². The molecule has 1 aliphatic rings. The summed E-state index contributed by atoms with van der Waals surface area (Å²) in [6.45, 7) is 7.38. The number of ether oxygens (including phenoxy) is 3. The number of allylic oxidation sites excluding steroid dienone is 2. The summed E-state index contributed by atoms with van der Waals surface area (Å²) in [6.07, 6.45) is 4.65. The first kappa shape index (κ1) is 12.7. The summed E-state index contributed by atoms with van der Waals surface area (Å²) in [7, 11) is 1.63. The van der Waals surface area contributed by atoms with Crippen molar-refractivity contribution in [3.8, 4) is 0 Å². The Morgan fingerprint density at radius 3 is 2.80 bits per heavy atom. The van der Waals surface area contributed by atoms with Gasteiger partial charge < -0.3 is 14.2 Å². The van der Waals surface area contributed by atoms with E-state index in [-0.39, 0.29) is 11.7 Å². The molecule has 0 aromatic rings. The van der Waals surface area contributed by atoms with Gasteiger partial charge in [0.15, 0.2) is 0 Å². The Morgan fingerprint density at radius 2 is 2.20 bits per heavy atom. The SMILES string of the molecule is COCOC[C@@H]1O[C@@]1(C)CCC=C(C)C. The van der Waals surface area contributed by atoms with E-state index in [0.29, 0.717) is 13.4 Å². The summed E-state index contributed by atoms with van der Waals surface area (Å²) in [4.78, 5) is 0. The van der Waals surface area contributed by atoms with Gasteiger partial charge in [-0.25, -0.2) is 0 Å². The van der Waals surface area contributed by atoms with Crippen LogP contribution in [0, 0.1) is 0 Å². The second-order valence-electron chi connectivity index (χ2n) is 4.52. The molecule has 0 radical (unpaired) electrons. The minimum atomic E-state index is 0.0275. The highest BCUT2D eigenvalue weighted by atomic mass is 16.7. The van der Waals surface area contributed by atoms with Crippen LogP contribution in [0.1, 0.15) is 33.6 Å². The minimum Gasteiger partial charge on any atom is -0.364 e. The van der Waals surface area contributed by atoms with Crippen LogP contribution in [0.3, 0.4) is 0 Å². The molecule has 0 aromatic heterocycles. The van der Waals surface area contributed by atoms with Crippen molar-refractivity contribution in [1.82, 2.24) is 0 Å². The summed E-state index contributed by atoms with van der Waals surface area (Å²) >= 11 is 0. The Hall–Kier alpha value is -0.380. The van der Waals surface area contributed by atoms with Gasteiger partial charge in [-0.2, -0.15) is 0 Å². The van der Waals surface area contributed by atoms with Crippen molar-refractivity contribution < 1.29 is 14.2 Å². The van der Waals surface area contributed by atoms with Crippen LogP contribution in [0.2, 0.25) is 0 Å². The van der Waals surface area contributed by atoms with Crippen LogP contribution in [0.25, 0.3) is 0 Å². The third-order valence-electron chi connectivity index (χ3n) is 2.70. The largest absolute Gasteiger partial charge is 0.364 e. The Kier molecular flexibility index (Phi) is 4.77. The van der Waals surface area contributed by atoms with Crippen LogP contribution >= 0.6 is 0 Å². The van der Waals surface area contributed by atoms with E-state index in [9.17, 15) is 0 Å². The van der Waals surface area contributed by atoms with Crippen molar-refractivity contribution in [3.63, 3.8) is 0 Å². The molecule has 0 spiro atoms. The maximum absolute atomic E-state index is 5.62. The Balaban J connectivity index is 2.12. The number of hydrogen-bond acceptors (Lipinski definition) is 3. The highest BCUT2D eigenvalue weighted by Crippen LogP contribution is 2.40. The van der Waals surface area contributed by atoms with Gasteiger partial charge in [0.2, 0.25) is 0 Å². The lowest BCUT2D eigenvalue weighted by Crippen LogP contribution is -2.14. The van der Waals surface area contributed by atoms with Crippen LogP contribution in [0.4, 0.5) is 0 Å². The van der Waals surface area contributed by atoms with E-state index in [1.54, 1.807) is 7.11 Å². The topological polar surface area (TPSA) is 31.0 Å². The predicted molar refractivity (Wildman–Crippen MR) is 59.8 cm³/mol. The highest BCUT2D eigenvalue weighted by Gasteiger charge is 2.51. The van der Waals surface area contributed by atoms with Crippen molar-refractivity contribution in [1.29, 1.82) is 0 Å². The third kappa shape index (κ3) is 4.33. The van der Waals surface area contributed by atoms with Gasteiger partial charge in [-0.05, 0) is 33.6 Å². The number of rotatable bonds is 7. The Bertz CT molecular complexity index is 221. The van der Waals surface area contributed by atoms with E-state index in [1.165, 1.54) is 5.57 Å². The van der Waals surface area contributed by atoms with Crippen LogP contribution < -0.4 is 0 Å². The van der Waals surface area contributed by atoms with Gasteiger partial charge in [-0.3, -0.25) is 0 Å². The predicted octanol–water partition coefficient (Wildman–Crippen LogP) is 2.51.